The summed E-state index contributed by atoms with van der Waals surface area (Å²) in [5.74, 6) is 0. The topological polar surface area (TPSA) is 30.9 Å². The summed E-state index contributed by atoms with van der Waals surface area (Å²) in [5.41, 5.74) is 11.2. The number of allylic oxidation sites excluding steroid dienone is 1. The minimum Gasteiger partial charge on any atom is -0.397 e. The first-order chi connectivity index (χ1) is 17.5. The van der Waals surface area contributed by atoms with Crippen LogP contribution in [0, 0.1) is 6.92 Å². The lowest BCUT2D eigenvalue weighted by Crippen LogP contribution is -2.33. The van der Waals surface area contributed by atoms with Gasteiger partial charge in [0, 0.05) is 28.4 Å². The lowest BCUT2D eigenvalue weighted by molar-refractivity contribution is 0.548. The maximum absolute atomic E-state index is 6.68. The molecule has 200 valence electrons. The van der Waals surface area contributed by atoms with Gasteiger partial charge >= 0.3 is 0 Å². The normalized spacial score (nSPS) is 11.2. The molecule has 0 aromatic carbocycles. The van der Waals surface area contributed by atoms with E-state index < -0.39 is 0 Å². The molecule has 0 unspecified atom stereocenters. The highest BCUT2D eigenvalue weighted by Crippen LogP contribution is 2.22. The second kappa shape index (κ2) is 19.1. The molecule has 0 fully saturated rings. The Balaban J connectivity index is 0.000000806. The van der Waals surface area contributed by atoms with Crippen molar-refractivity contribution in [3.05, 3.63) is 73.7 Å². The van der Waals surface area contributed by atoms with Gasteiger partial charge in [0.15, 0.2) is 0 Å². The molecule has 4 heteroatoms. The van der Waals surface area contributed by atoms with Gasteiger partial charge in [0.1, 0.15) is 0 Å². The van der Waals surface area contributed by atoms with Crippen LogP contribution in [0.5, 0.6) is 0 Å². The van der Waals surface area contributed by atoms with E-state index in [0.29, 0.717) is 0 Å². The predicted octanol–water partition coefficient (Wildman–Crippen LogP) is 9.11. The van der Waals surface area contributed by atoms with Crippen LogP contribution in [0.15, 0.2) is 47.0 Å². The summed E-state index contributed by atoms with van der Waals surface area (Å²) in [6, 6.07) is 8.20. The van der Waals surface area contributed by atoms with E-state index in [0.717, 1.165) is 34.1 Å². The van der Waals surface area contributed by atoms with Gasteiger partial charge in [0.2, 0.25) is 0 Å². The van der Waals surface area contributed by atoms with Crippen molar-refractivity contribution < 1.29 is 0 Å². The highest BCUT2D eigenvalue weighted by molar-refractivity contribution is 7.11. The fraction of sp³-hybridized carbons (Fsp3) is 0.500. The van der Waals surface area contributed by atoms with Crippen molar-refractivity contribution in [3.8, 4) is 0 Å². The molecular weight excluding hydrogens is 477 g/mol. The van der Waals surface area contributed by atoms with E-state index in [-0.39, 0.29) is 0 Å². The molecule has 3 rings (SSSR count). The summed E-state index contributed by atoms with van der Waals surface area (Å²) in [4.78, 5) is 1.12. The molecule has 0 radical (unpaired) electrons. The van der Waals surface area contributed by atoms with E-state index in [1.807, 2.05) is 36.7 Å². The van der Waals surface area contributed by atoms with E-state index in [4.69, 9.17) is 5.73 Å². The molecule has 36 heavy (non-hydrogen) atoms. The second-order valence-electron chi connectivity index (χ2n) is 8.95. The van der Waals surface area contributed by atoms with Crippen molar-refractivity contribution >= 4 is 40.5 Å². The number of aromatic nitrogens is 1. The van der Waals surface area contributed by atoms with Crippen LogP contribution < -0.4 is 16.3 Å². The molecule has 3 heterocycles. The summed E-state index contributed by atoms with van der Waals surface area (Å²) in [7, 11) is 0. The predicted molar refractivity (Wildman–Crippen MR) is 167 cm³/mol. The first-order valence-corrected chi connectivity index (χ1v) is 15.7. The number of hydrogen-bond donors (Lipinski definition) is 1. The number of unbranched alkanes of at least 4 members (excludes halogenated alkanes) is 7. The molecule has 0 aliphatic carbocycles. The van der Waals surface area contributed by atoms with Crippen LogP contribution in [-0.4, -0.2) is 4.57 Å². The smallest absolute Gasteiger partial charge is 0.0590 e. The van der Waals surface area contributed by atoms with E-state index in [9.17, 15) is 0 Å². The third-order valence-corrected chi connectivity index (χ3v) is 7.82. The van der Waals surface area contributed by atoms with Gasteiger partial charge in [0.05, 0.1) is 10.6 Å². The summed E-state index contributed by atoms with van der Waals surface area (Å²) in [6.07, 6.45) is 12.5. The van der Waals surface area contributed by atoms with Gasteiger partial charge in [-0.25, -0.2) is 0 Å². The Morgan fingerprint density at radius 2 is 1.50 bits per heavy atom. The zero-order valence-corrected chi connectivity index (χ0v) is 25.2. The summed E-state index contributed by atoms with van der Waals surface area (Å²) in [5, 5.41) is 8.33. The minimum absolute atomic E-state index is 0.849. The summed E-state index contributed by atoms with van der Waals surface area (Å²) < 4.78 is 2.38. The van der Waals surface area contributed by atoms with Gasteiger partial charge in [0.25, 0.3) is 0 Å². The third-order valence-electron chi connectivity index (χ3n) is 6.28. The Hall–Kier alpha value is -2.04. The van der Waals surface area contributed by atoms with Crippen molar-refractivity contribution in [1.29, 1.82) is 0 Å². The fourth-order valence-electron chi connectivity index (χ4n) is 4.37. The number of nitrogens with zero attached hydrogens (tertiary/aromatic N) is 1. The largest absolute Gasteiger partial charge is 0.397 e. The molecule has 0 saturated carbocycles. The van der Waals surface area contributed by atoms with Crippen LogP contribution in [0.2, 0.25) is 0 Å². The Morgan fingerprint density at radius 3 is 2.06 bits per heavy atom. The molecule has 0 bridgehead atoms. The van der Waals surface area contributed by atoms with Crippen molar-refractivity contribution in [3.63, 3.8) is 0 Å². The van der Waals surface area contributed by atoms with Gasteiger partial charge in [-0.05, 0) is 54.0 Å². The molecule has 0 amide bonds. The average molecular weight is 527 g/mol. The van der Waals surface area contributed by atoms with Gasteiger partial charge in [-0.3, -0.25) is 0 Å². The summed E-state index contributed by atoms with van der Waals surface area (Å²) in [6.45, 7) is 20.7. The summed E-state index contributed by atoms with van der Waals surface area (Å²) >= 11 is 3.40. The Labute approximate surface area is 229 Å². The zero-order valence-electron chi connectivity index (χ0n) is 23.6. The van der Waals surface area contributed by atoms with Crippen LogP contribution in [0.25, 0.3) is 17.8 Å². The van der Waals surface area contributed by atoms with E-state index in [1.54, 1.807) is 22.7 Å². The van der Waals surface area contributed by atoms with Gasteiger partial charge in [-0.15, -0.1) is 11.3 Å². The minimum atomic E-state index is 0.849. The maximum Gasteiger partial charge on any atom is 0.0590 e. The maximum atomic E-state index is 6.68. The van der Waals surface area contributed by atoms with Gasteiger partial charge < -0.3 is 10.3 Å². The number of rotatable bonds is 13. The van der Waals surface area contributed by atoms with Crippen LogP contribution in [-0.2, 0) is 6.54 Å². The van der Waals surface area contributed by atoms with E-state index in [2.05, 4.69) is 56.0 Å². The van der Waals surface area contributed by atoms with Crippen LogP contribution in [0.1, 0.15) is 108 Å². The molecule has 0 aliphatic heterocycles. The molecule has 2 nitrogen and oxygen atoms in total. The van der Waals surface area contributed by atoms with Crippen molar-refractivity contribution in [2.45, 2.75) is 105 Å². The Morgan fingerprint density at radius 1 is 0.889 bits per heavy atom. The lowest BCUT2D eigenvalue weighted by Gasteiger charge is -2.10. The molecule has 0 atom stereocenters. The monoisotopic (exact) mass is 526 g/mol. The lowest BCUT2D eigenvalue weighted by atomic mass is 9.99. The van der Waals surface area contributed by atoms with E-state index in [1.165, 1.54) is 74.6 Å². The van der Waals surface area contributed by atoms with Crippen molar-refractivity contribution in [2.75, 3.05) is 0 Å². The standard InChI is InChI=1S/C26H40N2S.C4H4S.C2H6/c1-6-8-10-11-12-14-18-28-21(4)24(20(3)16-13-9-7-2)25(22(28)5)26(27)23-17-15-19-29-23;1-2-4-5-3-1;1-2/h15,17,19H,3,5-14,16,18,27H2,1-2,4H3;1-4H;1-2H3/b26-25-;;. The van der Waals surface area contributed by atoms with Crippen LogP contribution in [0.3, 0.4) is 0 Å². The second-order valence-corrected chi connectivity index (χ2v) is 10.7. The van der Waals surface area contributed by atoms with Gasteiger partial charge in [-0.2, -0.15) is 11.3 Å². The fourth-order valence-corrected chi connectivity index (χ4v) is 5.51. The number of nitrogens with two attached hydrogens (primary N) is 1. The first-order valence-electron chi connectivity index (χ1n) is 13.9. The van der Waals surface area contributed by atoms with Crippen LogP contribution in [0.4, 0.5) is 0 Å². The molecule has 0 aliphatic rings. The molecule has 0 spiro atoms. The molecule has 2 N–H and O–H groups in total. The number of hydrogen-bond acceptors (Lipinski definition) is 3. The van der Waals surface area contributed by atoms with Crippen LogP contribution >= 0.6 is 22.7 Å². The van der Waals surface area contributed by atoms with Gasteiger partial charge in [-0.1, -0.05) is 104 Å². The zero-order chi connectivity index (χ0) is 26.8. The van der Waals surface area contributed by atoms with E-state index >= 15 is 0 Å². The number of thiophene rings is 2. The molecule has 3 aromatic heterocycles. The molecular formula is C32H50N2S2. The SMILES string of the molecule is C=C(CCCCC)c1c(C)n(CCCCCCCC)c(=C)/c1=C(/N)c1cccs1.CC.c1ccsc1. The first kappa shape index (κ1) is 32.0. The molecule has 3 aromatic rings. The molecule has 0 saturated heterocycles. The Kier molecular flexibility index (Phi) is 17.0. The van der Waals surface area contributed by atoms with Crippen molar-refractivity contribution in [2.24, 2.45) is 5.73 Å². The quantitative estimate of drug-likeness (QED) is 0.221. The Bertz CT molecular complexity index is 1040. The third kappa shape index (κ3) is 10.1. The highest BCUT2D eigenvalue weighted by Gasteiger charge is 2.16. The van der Waals surface area contributed by atoms with Crippen molar-refractivity contribution in [1.82, 2.24) is 4.57 Å². The average Bonchev–Trinajstić information content (AvgIpc) is 3.67. The highest BCUT2D eigenvalue weighted by atomic mass is 32.1.